The van der Waals surface area contributed by atoms with E-state index in [4.69, 9.17) is 14.5 Å². The third kappa shape index (κ3) is 4.04. The number of nitrogens with zero attached hydrogens (tertiary/aromatic N) is 4. The largest absolute Gasteiger partial charge is 0.382 e. The summed E-state index contributed by atoms with van der Waals surface area (Å²) in [5, 5.41) is 2.82. The van der Waals surface area contributed by atoms with Crippen LogP contribution in [-0.2, 0) is 19.7 Å². The minimum absolute atomic E-state index is 0.115. The smallest absolute Gasteiger partial charge is 0.222 e. The van der Waals surface area contributed by atoms with Crippen LogP contribution in [0.5, 0.6) is 0 Å². The molecule has 1 amide bonds. The normalized spacial score (nSPS) is 20.7. The van der Waals surface area contributed by atoms with Crippen LogP contribution in [-0.4, -0.2) is 61.9 Å². The molecule has 8 nitrogen and oxygen atoms in total. The van der Waals surface area contributed by atoms with Crippen molar-refractivity contribution in [3.05, 3.63) is 35.5 Å². The van der Waals surface area contributed by atoms with Crippen LogP contribution in [0, 0.1) is 6.92 Å². The molecule has 32 heavy (non-hydrogen) atoms. The molecule has 1 saturated carbocycles. The standard InChI is InChI=1S/C24H31N5O3/c1-16-10-22(28-7-4-18(14-28)32-9-8-31-3)27-23(11-16)29-15-24(5-6-24)19-13-25-21(12-20(19)29)26-17(2)30/h10-13,18H,4-9,14-15H2,1-3H3,(H,25,26,30). The molecule has 4 heterocycles. The minimum Gasteiger partial charge on any atom is -0.382 e. The summed E-state index contributed by atoms with van der Waals surface area (Å²) < 4.78 is 11.0. The first kappa shape index (κ1) is 21.2. The summed E-state index contributed by atoms with van der Waals surface area (Å²) in [6.45, 7) is 7.56. The molecule has 1 saturated heterocycles. The maximum Gasteiger partial charge on any atom is 0.222 e. The van der Waals surface area contributed by atoms with Gasteiger partial charge in [-0.05, 0) is 43.9 Å². The van der Waals surface area contributed by atoms with Crippen LogP contribution in [0.2, 0.25) is 0 Å². The molecule has 1 N–H and O–H groups in total. The predicted molar refractivity (Wildman–Crippen MR) is 124 cm³/mol. The molecule has 8 heteroatoms. The van der Waals surface area contributed by atoms with Gasteiger partial charge in [0.2, 0.25) is 5.91 Å². The van der Waals surface area contributed by atoms with Gasteiger partial charge in [0.1, 0.15) is 17.5 Å². The van der Waals surface area contributed by atoms with Crippen LogP contribution in [0.1, 0.15) is 37.3 Å². The van der Waals surface area contributed by atoms with E-state index in [0.717, 1.165) is 43.4 Å². The van der Waals surface area contributed by atoms with Gasteiger partial charge in [0, 0.05) is 56.9 Å². The van der Waals surface area contributed by atoms with Gasteiger partial charge in [0.25, 0.3) is 0 Å². The Labute approximate surface area is 188 Å². The highest BCUT2D eigenvalue weighted by Crippen LogP contribution is 2.58. The van der Waals surface area contributed by atoms with Crippen LogP contribution in [0.4, 0.5) is 23.1 Å². The van der Waals surface area contributed by atoms with E-state index in [2.05, 4.69) is 39.2 Å². The first-order chi connectivity index (χ1) is 15.5. The zero-order chi connectivity index (χ0) is 22.3. The van der Waals surface area contributed by atoms with Crippen LogP contribution < -0.4 is 15.1 Å². The number of rotatable bonds is 7. The highest BCUT2D eigenvalue weighted by atomic mass is 16.5. The number of hydrogen-bond donors (Lipinski definition) is 1. The fourth-order valence-corrected chi connectivity index (χ4v) is 4.88. The van der Waals surface area contributed by atoms with Gasteiger partial charge in [-0.3, -0.25) is 4.79 Å². The molecule has 5 rings (SSSR count). The Morgan fingerprint density at radius 2 is 2.06 bits per heavy atom. The van der Waals surface area contributed by atoms with Gasteiger partial charge in [-0.2, -0.15) is 0 Å². The highest BCUT2D eigenvalue weighted by molar-refractivity contribution is 5.89. The number of methoxy groups -OCH3 is 1. The number of aromatic nitrogens is 2. The molecule has 0 radical (unpaired) electrons. The Bertz CT molecular complexity index is 1020. The third-order valence-electron chi connectivity index (χ3n) is 6.69. The summed E-state index contributed by atoms with van der Waals surface area (Å²) in [5.74, 6) is 2.42. The van der Waals surface area contributed by atoms with Crippen molar-refractivity contribution in [3.8, 4) is 0 Å². The van der Waals surface area contributed by atoms with Crippen LogP contribution in [0.25, 0.3) is 0 Å². The number of anilines is 4. The van der Waals surface area contributed by atoms with Gasteiger partial charge in [-0.15, -0.1) is 0 Å². The number of fused-ring (bicyclic) bond motifs is 2. The third-order valence-corrected chi connectivity index (χ3v) is 6.69. The Kier molecular flexibility index (Phi) is 5.51. The van der Waals surface area contributed by atoms with E-state index in [0.29, 0.717) is 19.0 Å². The second kappa shape index (κ2) is 8.33. The summed E-state index contributed by atoms with van der Waals surface area (Å²) in [6.07, 6.45) is 5.48. The van der Waals surface area contributed by atoms with Gasteiger partial charge >= 0.3 is 0 Å². The molecule has 2 aromatic rings. The van der Waals surface area contributed by atoms with Gasteiger partial charge in [0.15, 0.2) is 0 Å². The van der Waals surface area contributed by atoms with Crippen molar-refractivity contribution in [2.75, 3.05) is 55.1 Å². The maximum absolute atomic E-state index is 11.6. The average Bonchev–Trinajstić information content (AvgIpc) is 3.25. The van der Waals surface area contributed by atoms with Gasteiger partial charge in [-0.1, -0.05) is 0 Å². The number of amides is 1. The van der Waals surface area contributed by atoms with Gasteiger partial charge in [0.05, 0.1) is 25.0 Å². The van der Waals surface area contributed by atoms with Crippen LogP contribution in [0.3, 0.4) is 0 Å². The molecular formula is C24H31N5O3. The molecule has 0 aromatic carbocycles. The first-order valence-electron chi connectivity index (χ1n) is 11.4. The van der Waals surface area contributed by atoms with Crippen LogP contribution >= 0.6 is 0 Å². The molecular weight excluding hydrogens is 406 g/mol. The fraction of sp³-hybridized carbons (Fsp3) is 0.542. The van der Waals surface area contributed by atoms with E-state index in [-0.39, 0.29) is 17.4 Å². The monoisotopic (exact) mass is 437 g/mol. The van der Waals surface area contributed by atoms with Crippen molar-refractivity contribution < 1.29 is 14.3 Å². The lowest BCUT2D eigenvalue weighted by Gasteiger charge is -2.24. The summed E-state index contributed by atoms with van der Waals surface area (Å²) in [6, 6.07) is 6.29. The van der Waals surface area contributed by atoms with Crippen molar-refractivity contribution in [3.63, 3.8) is 0 Å². The maximum atomic E-state index is 11.6. The summed E-state index contributed by atoms with van der Waals surface area (Å²) >= 11 is 0. The van der Waals surface area contributed by atoms with E-state index in [9.17, 15) is 4.79 Å². The summed E-state index contributed by atoms with van der Waals surface area (Å²) in [4.78, 5) is 25.7. The quantitative estimate of drug-likeness (QED) is 0.667. The molecule has 2 aliphatic heterocycles. The predicted octanol–water partition coefficient (Wildman–Crippen LogP) is 3.17. The Morgan fingerprint density at radius 1 is 1.25 bits per heavy atom. The average molecular weight is 438 g/mol. The number of pyridine rings is 2. The van der Waals surface area contributed by atoms with Gasteiger partial charge < -0.3 is 24.6 Å². The van der Waals surface area contributed by atoms with Crippen molar-refractivity contribution in [1.82, 2.24) is 9.97 Å². The molecule has 2 aromatic heterocycles. The van der Waals surface area contributed by atoms with Crippen molar-refractivity contribution in [1.29, 1.82) is 0 Å². The lowest BCUT2D eigenvalue weighted by Crippen LogP contribution is -2.26. The molecule has 2 fully saturated rings. The lowest BCUT2D eigenvalue weighted by atomic mass is 10.0. The Hall–Kier alpha value is -2.71. The topological polar surface area (TPSA) is 79.8 Å². The second-order valence-electron chi connectivity index (χ2n) is 9.22. The van der Waals surface area contributed by atoms with Crippen molar-refractivity contribution >= 4 is 29.0 Å². The van der Waals surface area contributed by atoms with E-state index in [1.54, 1.807) is 7.11 Å². The minimum atomic E-state index is -0.115. The van der Waals surface area contributed by atoms with Crippen molar-refractivity contribution in [2.45, 2.75) is 44.6 Å². The highest BCUT2D eigenvalue weighted by Gasteiger charge is 2.52. The lowest BCUT2D eigenvalue weighted by molar-refractivity contribution is -0.114. The number of ether oxygens (including phenoxy) is 2. The number of nitrogens with one attached hydrogen (secondary N) is 1. The Morgan fingerprint density at radius 3 is 2.81 bits per heavy atom. The SMILES string of the molecule is COCCOC1CCN(c2cc(C)cc(N3CC4(CC4)c4cnc(NC(C)=O)cc43)n2)C1. The number of hydrogen-bond acceptors (Lipinski definition) is 7. The first-order valence-corrected chi connectivity index (χ1v) is 11.4. The van der Waals surface area contributed by atoms with E-state index < -0.39 is 0 Å². The van der Waals surface area contributed by atoms with E-state index in [1.807, 2.05) is 12.3 Å². The second-order valence-corrected chi connectivity index (χ2v) is 9.22. The molecule has 170 valence electrons. The van der Waals surface area contributed by atoms with Crippen LogP contribution in [0.15, 0.2) is 24.4 Å². The molecule has 1 aliphatic carbocycles. The number of aryl methyl sites for hydroxylation is 1. The van der Waals surface area contributed by atoms with E-state index >= 15 is 0 Å². The number of carbonyl (C=O) groups excluding carboxylic acids is 1. The summed E-state index contributed by atoms with van der Waals surface area (Å²) in [7, 11) is 1.69. The molecule has 1 atom stereocenters. The molecule has 3 aliphatic rings. The number of carbonyl (C=O) groups is 1. The van der Waals surface area contributed by atoms with Crippen molar-refractivity contribution in [2.24, 2.45) is 0 Å². The zero-order valence-electron chi connectivity index (χ0n) is 19.1. The molecule has 0 bridgehead atoms. The molecule has 1 spiro atoms. The Balaban J connectivity index is 1.41. The summed E-state index contributed by atoms with van der Waals surface area (Å²) in [5.41, 5.74) is 3.73. The van der Waals surface area contributed by atoms with Gasteiger partial charge in [-0.25, -0.2) is 9.97 Å². The van der Waals surface area contributed by atoms with E-state index in [1.165, 1.54) is 30.9 Å². The molecule has 1 unspecified atom stereocenters. The fourth-order valence-electron chi connectivity index (χ4n) is 4.88. The zero-order valence-corrected chi connectivity index (χ0v) is 19.1.